The highest BCUT2D eigenvalue weighted by atomic mass is 16.3. The molecule has 0 spiro atoms. The number of carbonyl (C=O) groups excluding carboxylic acids is 2. The molecule has 0 fully saturated rings. The molecule has 1 aromatic rings. The Hall–Kier alpha value is -1.88. The Balaban J connectivity index is 2.50. The van der Waals surface area contributed by atoms with E-state index in [-0.39, 0.29) is 36.2 Å². The molecule has 0 aliphatic heterocycles. The first kappa shape index (κ1) is 20.2. The molecular formula is C19H30N2O3. The smallest absolute Gasteiger partial charge is 0.251 e. The van der Waals surface area contributed by atoms with Crippen LogP contribution in [0.15, 0.2) is 24.3 Å². The van der Waals surface area contributed by atoms with Gasteiger partial charge in [0.1, 0.15) is 0 Å². The minimum atomic E-state index is -0.970. The van der Waals surface area contributed by atoms with E-state index in [0.717, 1.165) is 5.56 Å². The summed E-state index contributed by atoms with van der Waals surface area (Å²) in [7, 11) is 0. The molecule has 0 aliphatic carbocycles. The van der Waals surface area contributed by atoms with E-state index in [1.807, 2.05) is 26.0 Å². The summed E-state index contributed by atoms with van der Waals surface area (Å²) in [6.45, 7) is 11.8. The van der Waals surface area contributed by atoms with E-state index >= 15 is 0 Å². The van der Waals surface area contributed by atoms with E-state index in [1.54, 1.807) is 19.1 Å². The molecule has 24 heavy (non-hydrogen) atoms. The topological polar surface area (TPSA) is 78.4 Å². The van der Waals surface area contributed by atoms with Crippen LogP contribution in [-0.4, -0.2) is 35.6 Å². The fourth-order valence-electron chi connectivity index (χ4n) is 1.93. The van der Waals surface area contributed by atoms with Gasteiger partial charge in [-0.25, -0.2) is 0 Å². The highest BCUT2D eigenvalue weighted by molar-refractivity contribution is 5.96. The zero-order valence-electron chi connectivity index (χ0n) is 15.6. The summed E-state index contributed by atoms with van der Waals surface area (Å²) in [6, 6.07) is 7.37. The van der Waals surface area contributed by atoms with Crippen molar-refractivity contribution >= 4 is 11.8 Å². The monoisotopic (exact) mass is 334 g/mol. The normalized spacial score (nSPS) is 14.2. The Kier molecular flexibility index (Phi) is 6.55. The number of hydrogen-bond acceptors (Lipinski definition) is 3. The molecule has 2 amide bonds. The van der Waals surface area contributed by atoms with E-state index < -0.39 is 5.60 Å². The summed E-state index contributed by atoms with van der Waals surface area (Å²) in [6.07, 6.45) is 0. The Morgan fingerprint density at radius 1 is 1.04 bits per heavy atom. The summed E-state index contributed by atoms with van der Waals surface area (Å²) in [4.78, 5) is 23.9. The van der Waals surface area contributed by atoms with Crippen molar-refractivity contribution in [1.82, 2.24) is 10.6 Å². The lowest BCUT2D eigenvalue weighted by Crippen LogP contribution is -2.47. The summed E-state index contributed by atoms with van der Waals surface area (Å²) >= 11 is 0. The van der Waals surface area contributed by atoms with Gasteiger partial charge in [0, 0.05) is 12.1 Å². The number of amides is 2. The molecule has 5 nitrogen and oxygen atoms in total. The molecule has 0 bridgehead atoms. The van der Waals surface area contributed by atoms with E-state index in [9.17, 15) is 14.7 Å². The van der Waals surface area contributed by atoms with Crippen molar-refractivity contribution in [2.75, 3.05) is 13.1 Å². The molecule has 0 heterocycles. The molecule has 134 valence electrons. The summed E-state index contributed by atoms with van der Waals surface area (Å²) in [5.74, 6) is -0.592. The Morgan fingerprint density at radius 3 is 2.04 bits per heavy atom. The average Bonchev–Trinajstić information content (AvgIpc) is 2.49. The molecule has 3 N–H and O–H groups in total. The summed E-state index contributed by atoms with van der Waals surface area (Å²) in [5, 5.41) is 15.3. The zero-order valence-corrected chi connectivity index (χ0v) is 15.6. The van der Waals surface area contributed by atoms with Crippen molar-refractivity contribution in [3.8, 4) is 0 Å². The standard InChI is InChI=1S/C19H30N2O3/c1-13(2)19(6,24)12-21-16(22)11-20-17(23)14-7-9-15(10-8-14)18(3,4)5/h7-10,13,24H,11-12H2,1-6H3,(H,20,23)(H,21,22). The van der Waals surface area contributed by atoms with E-state index in [0.29, 0.717) is 5.56 Å². The average molecular weight is 334 g/mol. The lowest BCUT2D eigenvalue weighted by atomic mass is 9.87. The molecule has 0 saturated carbocycles. The number of aliphatic hydroxyl groups is 1. The van der Waals surface area contributed by atoms with Gasteiger partial charge >= 0.3 is 0 Å². The van der Waals surface area contributed by atoms with E-state index in [2.05, 4.69) is 31.4 Å². The van der Waals surface area contributed by atoms with Gasteiger partial charge in [0.25, 0.3) is 5.91 Å². The van der Waals surface area contributed by atoms with Gasteiger partial charge in [-0.2, -0.15) is 0 Å². The van der Waals surface area contributed by atoms with Crippen LogP contribution in [0, 0.1) is 5.92 Å². The first-order chi connectivity index (χ1) is 10.9. The van der Waals surface area contributed by atoms with Gasteiger partial charge in [0.2, 0.25) is 5.91 Å². The van der Waals surface area contributed by atoms with Gasteiger partial charge in [-0.15, -0.1) is 0 Å². The third-order valence-electron chi connectivity index (χ3n) is 4.31. The highest BCUT2D eigenvalue weighted by Crippen LogP contribution is 2.22. The minimum Gasteiger partial charge on any atom is -0.388 e. The second kappa shape index (κ2) is 7.79. The van der Waals surface area contributed by atoms with Gasteiger partial charge in [-0.3, -0.25) is 9.59 Å². The van der Waals surface area contributed by atoms with Crippen LogP contribution in [0.25, 0.3) is 0 Å². The van der Waals surface area contributed by atoms with Crippen LogP contribution in [0.1, 0.15) is 57.5 Å². The summed E-state index contributed by atoms with van der Waals surface area (Å²) in [5.41, 5.74) is 0.725. The van der Waals surface area contributed by atoms with Crippen molar-refractivity contribution < 1.29 is 14.7 Å². The third-order valence-corrected chi connectivity index (χ3v) is 4.31. The van der Waals surface area contributed by atoms with E-state index in [4.69, 9.17) is 0 Å². The van der Waals surface area contributed by atoms with Gasteiger partial charge in [0.05, 0.1) is 12.1 Å². The first-order valence-electron chi connectivity index (χ1n) is 8.31. The molecule has 5 heteroatoms. The maximum atomic E-state index is 12.1. The van der Waals surface area contributed by atoms with Crippen LogP contribution in [0.3, 0.4) is 0 Å². The molecule has 1 aromatic carbocycles. The largest absolute Gasteiger partial charge is 0.388 e. The molecular weight excluding hydrogens is 304 g/mol. The Morgan fingerprint density at radius 2 is 1.58 bits per heavy atom. The Bertz CT molecular complexity index is 569. The van der Waals surface area contributed by atoms with Gasteiger partial charge in [-0.1, -0.05) is 46.8 Å². The van der Waals surface area contributed by atoms with Crippen molar-refractivity contribution in [3.63, 3.8) is 0 Å². The van der Waals surface area contributed by atoms with Crippen molar-refractivity contribution in [2.45, 2.75) is 52.6 Å². The molecule has 0 radical (unpaired) electrons. The number of hydrogen-bond donors (Lipinski definition) is 3. The number of carbonyl (C=O) groups is 2. The third kappa shape index (κ3) is 5.96. The quantitative estimate of drug-likeness (QED) is 0.746. The van der Waals surface area contributed by atoms with Gasteiger partial charge < -0.3 is 15.7 Å². The molecule has 0 saturated heterocycles. The van der Waals surface area contributed by atoms with Crippen LogP contribution >= 0.6 is 0 Å². The van der Waals surface area contributed by atoms with Crippen molar-refractivity contribution in [3.05, 3.63) is 35.4 Å². The first-order valence-corrected chi connectivity index (χ1v) is 8.31. The van der Waals surface area contributed by atoms with Crippen molar-refractivity contribution in [2.24, 2.45) is 5.92 Å². The molecule has 1 unspecified atom stereocenters. The Labute approximate surface area is 144 Å². The fraction of sp³-hybridized carbons (Fsp3) is 0.579. The molecule has 0 aromatic heterocycles. The number of benzene rings is 1. The number of rotatable bonds is 6. The SMILES string of the molecule is CC(C)C(C)(O)CNC(=O)CNC(=O)c1ccc(C(C)(C)C)cc1. The minimum absolute atomic E-state index is 0.0220. The second-order valence-corrected chi connectivity index (χ2v) is 7.80. The maximum absolute atomic E-state index is 12.1. The predicted octanol–water partition coefficient (Wildman–Crippen LogP) is 2.24. The van der Waals surface area contributed by atoms with Crippen LogP contribution in [0.2, 0.25) is 0 Å². The lowest BCUT2D eigenvalue weighted by Gasteiger charge is -2.27. The van der Waals surface area contributed by atoms with Gasteiger partial charge in [-0.05, 0) is 36.0 Å². The van der Waals surface area contributed by atoms with Crippen LogP contribution in [-0.2, 0) is 10.2 Å². The maximum Gasteiger partial charge on any atom is 0.251 e. The zero-order chi connectivity index (χ0) is 18.5. The van der Waals surface area contributed by atoms with Crippen LogP contribution < -0.4 is 10.6 Å². The van der Waals surface area contributed by atoms with Crippen LogP contribution in [0.5, 0.6) is 0 Å². The van der Waals surface area contributed by atoms with Gasteiger partial charge in [0.15, 0.2) is 0 Å². The van der Waals surface area contributed by atoms with E-state index in [1.165, 1.54) is 0 Å². The van der Waals surface area contributed by atoms with Crippen LogP contribution in [0.4, 0.5) is 0 Å². The molecule has 1 rings (SSSR count). The molecule has 1 atom stereocenters. The fourth-order valence-corrected chi connectivity index (χ4v) is 1.93. The summed E-state index contributed by atoms with van der Waals surface area (Å²) < 4.78 is 0. The van der Waals surface area contributed by atoms with Crippen molar-refractivity contribution in [1.29, 1.82) is 0 Å². The highest BCUT2D eigenvalue weighted by Gasteiger charge is 2.25. The predicted molar refractivity (Wildman–Crippen MR) is 95.9 cm³/mol. The molecule has 0 aliphatic rings. The number of nitrogens with one attached hydrogen (secondary N) is 2. The lowest BCUT2D eigenvalue weighted by molar-refractivity contribution is -0.121. The second-order valence-electron chi connectivity index (χ2n) is 7.80.